The molecule has 1 aromatic rings. The Balaban J connectivity index is 1.97. The second kappa shape index (κ2) is 12.2. The maximum Gasteiger partial charge on any atom is 0.243 e. The molecular weight excluding hydrogens is 514 g/mol. The monoisotopic (exact) mass is 545 g/mol. The minimum Gasteiger partial charge on any atom is -0.490 e. The molecule has 2 unspecified atom stereocenters. The maximum atomic E-state index is 13.3. The summed E-state index contributed by atoms with van der Waals surface area (Å²) in [5.41, 5.74) is 8.74. The molecule has 35 heavy (non-hydrogen) atoms. The molecule has 3 N–H and O–H groups in total. The third kappa shape index (κ3) is 6.24. The first-order valence-electron chi connectivity index (χ1n) is 11.9. The lowest BCUT2D eigenvalue weighted by atomic mass is 9.72. The number of hydrogen-bond donors (Lipinski definition) is 2. The lowest BCUT2D eigenvalue weighted by molar-refractivity contribution is -0.122. The van der Waals surface area contributed by atoms with Gasteiger partial charge in [0.2, 0.25) is 5.91 Å². The van der Waals surface area contributed by atoms with E-state index in [9.17, 15) is 14.9 Å². The van der Waals surface area contributed by atoms with E-state index in [-0.39, 0.29) is 25.6 Å². The molecule has 9 heteroatoms. The van der Waals surface area contributed by atoms with Gasteiger partial charge in [0.25, 0.3) is 0 Å². The number of nitrogens with zero attached hydrogens (tertiary/aromatic N) is 1. The zero-order chi connectivity index (χ0) is 25.5. The number of halogens is 1. The van der Waals surface area contributed by atoms with Crippen LogP contribution in [-0.2, 0) is 14.3 Å². The Morgan fingerprint density at radius 3 is 2.69 bits per heavy atom. The Kier molecular flexibility index (Phi) is 9.35. The van der Waals surface area contributed by atoms with Gasteiger partial charge in [0.05, 0.1) is 35.2 Å². The summed E-state index contributed by atoms with van der Waals surface area (Å²) in [6.07, 6.45) is 3.32. The number of benzene rings is 1. The molecule has 0 fully saturated rings. The zero-order valence-corrected chi connectivity index (χ0v) is 22.0. The number of carbonyl (C=O) groups is 2. The fraction of sp³-hybridized carbons (Fsp3) is 0.500. The molecule has 0 spiro atoms. The third-order valence-electron chi connectivity index (χ3n) is 6.11. The number of rotatable bonds is 11. The van der Waals surface area contributed by atoms with Gasteiger partial charge in [-0.15, -0.1) is 0 Å². The molecular formula is C26H32BrN3O5. The largest absolute Gasteiger partial charge is 0.490 e. The van der Waals surface area contributed by atoms with E-state index in [1.807, 2.05) is 26.0 Å². The third-order valence-corrected chi connectivity index (χ3v) is 6.70. The smallest absolute Gasteiger partial charge is 0.243 e. The number of allylic oxidation sites excluding steroid dienone is 4. The number of ether oxygens (including phenoxy) is 3. The maximum absolute atomic E-state index is 13.3. The fourth-order valence-corrected chi connectivity index (χ4v) is 5.32. The van der Waals surface area contributed by atoms with E-state index in [0.717, 1.165) is 36.2 Å². The van der Waals surface area contributed by atoms with Gasteiger partial charge >= 0.3 is 0 Å². The van der Waals surface area contributed by atoms with Crippen LogP contribution in [0.3, 0.4) is 0 Å². The standard InChI is InChI=1S/C26H32BrN3O5/c1-4-6-16-9-20-25(21(31)10-16)24(18(13-28)15(3)30-20)17-11-19(27)26(22(12-17)34-5-2)35-8-7-33-14-23(29)32/h11-12,16,24,30H,4-10,14H2,1-3H3,(H2,29,32). The van der Waals surface area contributed by atoms with Gasteiger partial charge in [-0.25, -0.2) is 0 Å². The van der Waals surface area contributed by atoms with E-state index < -0.39 is 11.8 Å². The molecule has 2 atom stereocenters. The SMILES string of the molecule is CCCC1CC(=O)C2=C(C1)NC(C)=C(C#N)C2c1cc(Br)c(OCCOCC(N)=O)c(OCC)c1. The predicted molar refractivity (Wildman–Crippen MR) is 135 cm³/mol. The van der Waals surface area contributed by atoms with Gasteiger partial charge < -0.3 is 25.3 Å². The number of carbonyl (C=O) groups excluding carboxylic acids is 2. The van der Waals surface area contributed by atoms with Crippen LogP contribution >= 0.6 is 15.9 Å². The van der Waals surface area contributed by atoms with Crippen molar-refractivity contribution in [3.05, 3.63) is 44.7 Å². The van der Waals surface area contributed by atoms with Crippen LogP contribution in [0, 0.1) is 17.2 Å². The second-order valence-electron chi connectivity index (χ2n) is 8.72. The van der Waals surface area contributed by atoms with Crippen molar-refractivity contribution in [2.45, 2.75) is 52.4 Å². The summed E-state index contributed by atoms with van der Waals surface area (Å²) in [6.45, 7) is 6.48. The van der Waals surface area contributed by atoms with Crippen molar-refractivity contribution in [1.29, 1.82) is 5.26 Å². The minimum atomic E-state index is -0.545. The van der Waals surface area contributed by atoms with Gasteiger partial charge in [-0.2, -0.15) is 5.26 Å². The molecule has 1 aliphatic heterocycles. The molecule has 1 amide bonds. The summed E-state index contributed by atoms with van der Waals surface area (Å²) < 4.78 is 17.5. The quantitative estimate of drug-likeness (QED) is 0.398. The lowest BCUT2D eigenvalue weighted by Crippen LogP contribution is -2.34. The number of nitriles is 1. The van der Waals surface area contributed by atoms with Crippen molar-refractivity contribution in [2.24, 2.45) is 11.7 Å². The summed E-state index contributed by atoms with van der Waals surface area (Å²) in [5, 5.41) is 13.4. The fourth-order valence-electron chi connectivity index (χ4n) is 4.75. The summed E-state index contributed by atoms with van der Waals surface area (Å²) in [7, 11) is 0. The Morgan fingerprint density at radius 2 is 2.03 bits per heavy atom. The van der Waals surface area contributed by atoms with Crippen molar-refractivity contribution in [2.75, 3.05) is 26.4 Å². The van der Waals surface area contributed by atoms with Crippen LogP contribution in [0.5, 0.6) is 11.5 Å². The van der Waals surface area contributed by atoms with Crippen molar-refractivity contribution in [1.82, 2.24) is 5.32 Å². The topological polar surface area (TPSA) is 124 Å². The Labute approximate surface area is 214 Å². The number of hydrogen-bond acceptors (Lipinski definition) is 7. The number of amides is 1. The molecule has 1 aliphatic carbocycles. The molecule has 188 valence electrons. The van der Waals surface area contributed by atoms with Crippen LogP contribution < -0.4 is 20.5 Å². The zero-order valence-electron chi connectivity index (χ0n) is 20.4. The van der Waals surface area contributed by atoms with Gasteiger partial charge in [-0.3, -0.25) is 9.59 Å². The number of nitrogens with two attached hydrogens (primary N) is 1. The van der Waals surface area contributed by atoms with Gasteiger partial charge in [-0.05, 0) is 66.2 Å². The number of dihydropyridines is 1. The van der Waals surface area contributed by atoms with Gasteiger partial charge in [-0.1, -0.05) is 13.3 Å². The summed E-state index contributed by atoms with van der Waals surface area (Å²) >= 11 is 3.58. The van der Waals surface area contributed by atoms with Crippen LogP contribution in [0.15, 0.2) is 39.1 Å². The lowest BCUT2D eigenvalue weighted by Gasteiger charge is -2.35. The van der Waals surface area contributed by atoms with E-state index in [1.54, 1.807) is 0 Å². The highest BCUT2D eigenvalue weighted by atomic mass is 79.9. The molecule has 0 saturated heterocycles. The molecule has 0 saturated carbocycles. The highest BCUT2D eigenvalue weighted by molar-refractivity contribution is 9.10. The highest BCUT2D eigenvalue weighted by Crippen LogP contribution is 2.47. The first-order chi connectivity index (χ1) is 16.8. The molecule has 0 bridgehead atoms. The van der Waals surface area contributed by atoms with Crippen molar-refractivity contribution < 1.29 is 23.8 Å². The van der Waals surface area contributed by atoms with Gasteiger partial charge in [0.15, 0.2) is 17.3 Å². The van der Waals surface area contributed by atoms with Crippen LogP contribution in [0.25, 0.3) is 0 Å². The van der Waals surface area contributed by atoms with E-state index in [2.05, 4.69) is 34.2 Å². The van der Waals surface area contributed by atoms with E-state index in [1.165, 1.54) is 0 Å². The minimum absolute atomic E-state index is 0.0865. The summed E-state index contributed by atoms with van der Waals surface area (Å²) in [6, 6.07) is 6.04. The molecule has 1 aromatic carbocycles. The molecule has 1 heterocycles. The Hall–Kier alpha value is -2.83. The van der Waals surface area contributed by atoms with Crippen molar-refractivity contribution in [3.63, 3.8) is 0 Å². The molecule has 3 rings (SSSR count). The Bertz CT molecular complexity index is 1090. The first-order valence-corrected chi connectivity index (χ1v) is 12.7. The number of nitrogens with one attached hydrogen (secondary N) is 1. The van der Waals surface area contributed by atoms with E-state index >= 15 is 0 Å². The number of primary amides is 1. The summed E-state index contributed by atoms with van der Waals surface area (Å²) in [5.74, 6) is 0.358. The van der Waals surface area contributed by atoms with Crippen LogP contribution in [0.1, 0.15) is 57.9 Å². The van der Waals surface area contributed by atoms with E-state index in [4.69, 9.17) is 19.9 Å². The highest BCUT2D eigenvalue weighted by Gasteiger charge is 2.39. The van der Waals surface area contributed by atoms with Crippen molar-refractivity contribution in [3.8, 4) is 17.6 Å². The number of ketones is 1. The molecule has 0 aromatic heterocycles. The number of Topliss-reactive ketones (excluding diaryl/α,β-unsaturated/α-hetero) is 1. The molecule has 0 radical (unpaired) electrons. The summed E-state index contributed by atoms with van der Waals surface area (Å²) in [4.78, 5) is 24.2. The molecule has 2 aliphatic rings. The predicted octanol–water partition coefficient (Wildman–Crippen LogP) is 4.25. The average Bonchev–Trinajstić information content (AvgIpc) is 2.79. The van der Waals surface area contributed by atoms with Crippen molar-refractivity contribution >= 4 is 27.6 Å². The van der Waals surface area contributed by atoms with Gasteiger partial charge in [0, 0.05) is 23.4 Å². The van der Waals surface area contributed by atoms with Crippen LogP contribution in [0.2, 0.25) is 0 Å². The van der Waals surface area contributed by atoms with Crippen LogP contribution in [0.4, 0.5) is 0 Å². The normalized spacial score (nSPS) is 19.7. The first kappa shape index (κ1) is 26.8. The Morgan fingerprint density at radius 1 is 1.26 bits per heavy atom. The average molecular weight is 546 g/mol. The van der Waals surface area contributed by atoms with Crippen LogP contribution in [-0.4, -0.2) is 38.1 Å². The van der Waals surface area contributed by atoms with E-state index in [0.29, 0.717) is 46.1 Å². The van der Waals surface area contributed by atoms with Gasteiger partial charge in [0.1, 0.15) is 13.2 Å². The molecule has 8 nitrogen and oxygen atoms in total. The second-order valence-corrected chi connectivity index (χ2v) is 9.57.